The Hall–Kier alpha value is -0.730. The zero-order valence-corrected chi connectivity index (χ0v) is 27.5. The van der Waals surface area contributed by atoms with Crippen molar-refractivity contribution in [3.8, 4) is 0 Å². The average Bonchev–Trinajstić information content (AvgIpc) is 3.01. The van der Waals surface area contributed by atoms with Crippen LogP contribution in [-0.4, -0.2) is 62.1 Å². The van der Waals surface area contributed by atoms with Gasteiger partial charge in [-0.25, -0.2) is 4.89 Å². The van der Waals surface area contributed by atoms with Crippen LogP contribution >= 0.6 is 0 Å². The Kier molecular flexibility index (Phi) is 21.9. The molecule has 7 nitrogen and oxygen atoms in total. The van der Waals surface area contributed by atoms with E-state index in [-0.39, 0.29) is 18.7 Å². The summed E-state index contributed by atoms with van der Waals surface area (Å²) in [5.74, 6) is -0.268. The van der Waals surface area contributed by atoms with E-state index in [9.17, 15) is 10.1 Å². The van der Waals surface area contributed by atoms with Crippen molar-refractivity contribution >= 4 is 5.97 Å². The molecule has 2 rings (SSSR count). The van der Waals surface area contributed by atoms with Crippen LogP contribution in [0, 0.1) is 11.8 Å². The lowest BCUT2D eigenvalue weighted by molar-refractivity contribution is -0.294. The summed E-state index contributed by atoms with van der Waals surface area (Å²) in [4.78, 5) is 18.3. The number of hydrogen-bond acceptors (Lipinski definition) is 7. The number of hydrogen-bond donors (Lipinski definition) is 1. The first kappa shape index (κ1) is 37.5. The number of unbranched alkanes of at least 4 members (excludes halogenated alkanes) is 8. The van der Waals surface area contributed by atoms with Crippen LogP contribution in [0.1, 0.15) is 156 Å². The Morgan fingerprint density at radius 3 is 1.62 bits per heavy atom. The van der Waals surface area contributed by atoms with Crippen molar-refractivity contribution < 1.29 is 33.9 Å². The smallest absolute Gasteiger partial charge is 0.311 e. The van der Waals surface area contributed by atoms with Crippen molar-refractivity contribution in [2.45, 2.75) is 180 Å². The van der Waals surface area contributed by atoms with E-state index in [0.29, 0.717) is 37.6 Å². The van der Waals surface area contributed by atoms with Crippen molar-refractivity contribution in [2.75, 3.05) is 26.4 Å². The van der Waals surface area contributed by atoms with E-state index in [2.05, 4.69) is 20.8 Å². The first-order chi connectivity index (χ1) is 20.6. The molecule has 0 aromatic carbocycles. The molecule has 2 aliphatic carbocycles. The molecule has 2 fully saturated rings. The van der Waals surface area contributed by atoms with Gasteiger partial charge in [0.25, 0.3) is 0 Å². The lowest BCUT2D eigenvalue weighted by atomic mass is 9.80. The Labute approximate surface area is 258 Å². The van der Waals surface area contributed by atoms with E-state index in [1.165, 1.54) is 32.1 Å². The van der Waals surface area contributed by atoms with E-state index in [4.69, 9.17) is 23.8 Å². The minimum absolute atomic E-state index is 0.216. The van der Waals surface area contributed by atoms with Crippen LogP contribution in [0.2, 0.25) is 0 Å². The maximum absolute atomic E-state index is 13.3. The van der Waals surface area contributed by atoms with Gasteiger partial charge in [-0.15, -0.1) is 0 Å². The minimum Gasteiger partial charge on any atom is -0.463 e. The van der Waals surface area contributed by atoms with Gasteiger partial charge in [0.05, 0.1) is 30.8 Å². The summed E-state index contributed by atoms with van der Waals surface area (Å²) in [5.41, 5.74) is 0. The summed E-state index contributed by atoms with van der Waals surface area (Å²) < 4.78 is 23.8. The third kappa shape index (κ3) is 16.4. The monoisotopic (exact) mass is 598 g/mol. The fraction of sp³-hybridized carbons (Fsp3) is 0.971. The van der Waals surface area contributed by atoms with Crippen molar-refractivity contribution in [1.29, 1.82) is 0 Å². The molecule has 0 heterocycles. The van der Waals surface area contributed by atoms with Crippen molar-refractivity contribution in [1.82, 2.24) is 0 Å². The van der Waals surface area contributed by atoms with E-state index in [1.807, 2.05) is 0 Å². The summed E-state index contributed by atoms with van der Waals surface area (Å²) in [7, 11) is 0. The number of ether oxygens (including phenoxy) is 4. The fourth-order valence-corrected chi connectivity index (χ4v) is 6.54. The zero-order chi connectivity index (χ0) is 30.3. The van der Waals surface area contributed by atoms with Crippen LogP contribution in [-0.2, 0) is 28.6 Å². The summed E-state index contributed by atoms with van der Waals surface area (Å²) in [6.07, 6.45) is 22.9. The first-order valence-corrected chi connectivity index (χ1v) is 17.9. The van der Waals surface area contributed by atoms with Gasteiger partial charge in [0.2, 0.25) is 0 Å². The highest BCUT2D eigenvalue weighted by atomic mass is 17.1. The number of esters is 1. The molecule has 0 radical (unpaired) electrons. The van der Waals surface area contributed by atoms with Crippen molar-refractivity contribution in [2.24, 2.45) is 11.8 Å². The van der Waals surface area contributed by atoms with Crippen LogP contribution < -0.4 is 0 Å². The SMILES string of the molecule is CCCCCCCCCC(C(=O)OCCOC1CCC(OCCCC)CC1)C(CC1CCC(OCCCC)CC1)OO. The maximum Gasteiger partial charge on any atom is 0.311 e. The Bertz CT molecular complexity index is 629. The predicted molar refractivity (Wildman–Crippen MR) is 169 cm³/mol. The normalized spacial score (nSPS) is 24.4. The lowest BCUT2D eigenvalue weighted by Crippen LogP contribution is -2.35. The highest BCUT2D eigenvalue weighted by Gasteiger charge is 2.34. The van der Waals surface area contributed by atoms with Gasteiger partial charge < -0.3 is 18.9 Å². The largest absolute Gasteiger partial charge is 0.463 e. The van der Waals surface area contributed by atoms with Crippen LogP contribution in [0.5, 0.6) is 0 Å². The van der Waals surface area contributed by atoms with E-state index in [0.717, 1.165) is 103 Å². The molecular weight excluding hydrogens is 532 g/mol. The van der Waals surface area contributed by atoms with Crippen molar-refractivity contribution in [3.05, 3.63) is 0 Å². The van der Waals surface area contributed by atoms with Gasteiger partial charge in [-0.3, -0.25) is 10.1 Å². The van der Waals surface area contributed by atoms with E-state index in [1.54, 1.807) is 0 Å². The zero-order valence-electron chi connectivity index (χ0n) is 27.5. The van der Waals surface area contributed by atoms with Crippen molar-refractivity contribution in [3.63, 3.8) is 0 Å². The summed E-state index contributed by atoms with van der Waals surface area (Å²) in [6.45, 7) is 8.97. The molecular formula is C35H66O7. The van der Waals surface area contributed by atoms with Crippen LogP contribution in [0.4, 0.5) is 0 Å². The standard InChI is InChI=1S/C35H66O7/c1-4-7-10-11-12-13-14-15-33(34(42-37)28-29-16-18-30(19-17-29)38-24-8-5-2)35(36)41-27-26-40-32-22-20-31(21-23-32)39-25-9-6-3/h29-34,37H,4-28H2,1-3H3. The van der Waals surface area contributed by atoms with E-state index < -0.39 is 12.0 Å². The molecule has 0 aromatic rings. The quantitative estimate of drug-likeness (QED) is 0.0486. The van der Waals surface area contributed by atoms with Gasteiger partial charge in [0, 0.05) is 13.2 Å². The topological polar surface area (TPSA) is 83.5 Å². The molecule has 2 aliphatic rings. The van der Waals surface area contributed by atoms with Gasteiger partial charge >= 0.3 is 5.97 Å². The van der Waals surface area contributed by atoms with Crippen LogP contribution in [0.3, 0.4) is 0 Å². The second-order valence-electron chi connectivity index (χ2n) is 12.9. The Morgan fingerprint density at radius 2 is 1.10 bits per heavy atom. The number of carbonyl (C=O) groups excluding carboxylic acids is 1. The third-order valence-electron chi connectivity index (χ3n) is 9.37. The third-order valence-corrected chi connectivity index (χ3v) is 9.37. The van der Waals surface area contributed by atoms with Crippen LogP contribution in [0.25, 0.3) is 0 Å². The molecule has 0 amide bonds. The Balaban J connectivity index is 1.77. The molecule has 7 heteroatoms. The molecule has 2 atom stereocenters. The molecule has 1 N–H and O–H groups in total. The molecule has 0 saturated heterocycles. The molecule has 0 aromatic heterocycles. The molecule has 0 spiro atoms. The number of carbonyl (C=O) groups is 1. The molecule has 248 valence electrons. The van der Waals surface area contributed by atoms with Gasteiger partial charge in [0.1, 0.15) is 12.7 Å². The first-order valence-electron chi connectivity index (χ1n) is 17.9. The second-order valence-corrected chi connectivity index (χ2v) is 12.9. The highest BCUT2D eigenvalue weighted by Crippen LogP contribution is 2.33. The predicted octanol–water partition coefficient (Wildman–Crippen LogP) is 9.05. The molecule has 0 aliphatic heterocycles. The molecule has 42 heavy (non-hydrogen) atoms. The maximum atomic E-state index is 13.3. The van der Waals surface area contributed by atoms with Gasteiger partial charge in [-0.2, -0.15) is 0 Å². The fourth-order valence-electron chi connectivity index (χ4n) is 6.54. The van der Waals surface area contributed by atoms with Gasteiger partial charge in [-0.05, 0) is 83.0 Å². The molecule has 2 unspecified atom stereocenters. The highest BCUT2D eigenvalue weighted by molar-refractivity contribution is 5.73. The lowest BCUT2D eigenvalue weighted by Gasteiger charge is -2.32. The minimum atomic E-state index is -0.524. The molecule has 2 saturated carbocycles. The number of rotatable bonds is 25. The Morgan fingerprint density at radius 1 is 0.619 bits per heavy atom. The van der Waals surface area contributed by atoms with Gasteiger partial charge in [0.15, 0.2) is 0 Å². The summed E-state index contributed by atoms with van der Waals surface area (Å²) >= 11 is 0. The molecule has 0 bridgehead atoms. The average molecular weight is 599 g/mol. The summed E-state index contributed by atoms with van der Waals surface area (Å²) in [6, 6.07) is 0. The van der Waals surface area contributed by atoms with Gasteiger partial charge in [-0.1, -0.05) is 78.6 Å². The van der Waals surface area contributed by atoms with Crippen LogP contribution in [0.15, 0.2) is 0 Å². The van der Waals surface area contributed by atoms with E-state index >= 15 is 0 Å². The summed E-state index contributed by atoms with van der Waals surface area (Å²) in [5, 5.41) is 9.93. The second kappa shape index (κ2) is 24.6.